The van der Waals surface area contributed by atoms with Crippen LogP contribution < -0.4 is 5.32 Å². The van der Waals surface area contributed by atoms with Crippen molar-refractivity contribution < 1.29 is 13.9 Å². The summed E-state index contributed by atoms with van der Waals surface area (Å²) in [6, 6.07) is 6.21. The maximum absolute atomic E-state index is 12.0. The molecule has 1 aliphatic rings. The summed E-state index contributed by atoms with van der Waals surface area (Å²) < 4.78 is 11.1. The highest BCUT2D eigenvalue weighted by Gasteiger charge is 2.12. The first kappa shape index (κ1) is 18.6. The molecule has 140 valence electrons. The SMILES string of the molecule is Cc1ccc(-c2cnc(CCC(=O)NCCN3CCOCC3)o2)cc1C. The van der Waals surface area contributed by atoms with Crippen molar-refractivity contribution in [3.63, 3.8) is 0 Å². The lowest BCUT2D eigenvalue weighted by molar-refractivity contribution is -0.121. The van der Waals surface area contributed by atoms with Crippen molar-refractivity contribution in [3.8, 4) is 11.3 Å². The Kier molecular flexibility index (Phi) is 6.41. The zero-order valence-electron chi connectivity index (χ0n) is 15.6. The number of aryl methyl sites for hydroxylation is 3. The zero-order valence-corrected chi connectivity index (χ0v) is 15.6. The second-order valence-corrected chi connectivity index (χ2v) is 6.72. The number of hydrogen-bond donors (Lipinski definition) is 1. The van der Waals surface area contributed by atoms with Crippen LogP contribution in [0.25, 0.3) is 11.3 Å². The molecule has 0 unspecified atom stereocenters. The van der Waals surface area contributed by atoms with Gasteiger partial charge in [-0.3, -0.25) is 9.69 Å². The number of oxazole rings is 1. The van der Waals surface area contributed by atoms with Gasteiger partial charge in [-0.05, 0) is 31.0 Å². The Labute approximate surface area is 154 Å². The monoisotopic (exact) mass is 357 g/mol. The van der Waals surface area contributed by atoms with Gasteiger partial charge >= 0.3 is 0 Å². The van der Waals surface area contributed by atoms with Crippen molar-refractivity contribution in [2.45, 2.75) is 26.7 Å². The molecule has 26 heavy (non-hydrogen) atoms. The Balaban J connectivity index is 1.42. The van der Waals surface area contributed by atoms with Crippen LogP contribution in [-0.2, 0) is 16.0 Å². The summed E-state index contributed by atoms with van der Waals surface area (Å²) in [7, 11) is 0. The van der Waals surface area contributed by atoms with Crippen molar-refractivity contribution in [2.24, 2.45) is 0 Å². The summed E-state index contributed by atoms with van der Waals surface area (Å²) in [5.41, 5.74) is 3.49. The molecule has 1 aromatic heterocycles. The molecule has 0 saturated carbocycles. The number of nitrogens with zero attached hydrogens (tertiary/aromatic N) is 2. The molecular weight excluding hydrogens is 330 g/mol. The van der Waals surface area contributed by atoms with Gasteiger partial charge in [0.2, 0.25) is 5.91 Å². The van der Waals surface area contributed by atoms with Crippen molar-refractivity contribution in [3.05, 3.63) is 41.4 Å². The maximum Gasteiger partial charge on any atom is 0.220 e. The van der Waals surface area contributed by atoms with Crippen molar-refractivity contribution >= 4 is 5.91 Å². The Morgan fingerprint density at radius 3 is 2.81 bits per heavy atom. The van der Waals surface area contributed by atoms with Crippen LogP contribution in [0.5, 0.6) is 0 Å². The van der Waals surface area contributed by atoms with Gasteiger partial charge in [-0.1, -0.05) is 12.1 Å². The predicted molar refractivity (Wildman–Crippen MR) is 100 cm³/mol. The van der Waals surface area contributed by atoms with Crippen LogP contribution >= 0.6 is 0 Å². The Hall–Kier alpha value is -2.18. The van der Waals surface area contributed by atoms with Crippen molar-refractivity contribution in [1.29, 1.82) is 0 Å². The molecule has 0 atom stereocenters. The van der Waals surface area contributed by atoms with Crippen LogP contribution in [0.4, 0.5) is 0 Å². The maximum atomic E-state index is 12.0. The molecule has 3 rings (SSSR count). The van der Waals surface area contributed by atoms with E-state index in [1.165, 1.54) is 11.1 Å². The molecule has 0 aliphatic carbocycles. The molecule has 1 amide bonds. The molecule has 1 fully saturated rings. The second kappa shape index (κ2) is 8.96. The standard InChI is InChI=1S/C20H27N3O3/c1-15-3-4-17(13-16(15)2)18-14-22-20(26-18)6-5-19(24)21-7-8-23-9-11-25-12-10-23/h3-4,13-14H,5-12H2,1-2H3,(H,21,24). The van der Waals surface area contributed by atoms with Gasteiger partial charge in [0.05, 0.1) is 19.4 Å². The number of nitrogens with one attached hydrogen (secondary N) is 1. The van der Waals surface area contributed by atoms with E-state index in [1.807, 2.05) is 6.07 Å². The lowest BCUT2D eigenvalue weighted by Crippen LogP contribution is -2.41. The first-order chi connectivity index (χ1) is 12.6. The summed E-state index contributed by atoms with van der Waals surface area (Å²) in [6.07, 6.45) is 2.62. The van der Waals surface area contributed by atoms with Crippen LogP contribution in [0.2, 0.25) is 0 Å². The number of carbonyl (C=O) groups excluding carboxylic acids is 1. The molecule has 1 saturated heterocycles. The number of aromatic nitrogens is 1. The summed E-state index contributed by atoms with van der Waals surface area (Å²) in [5, 5.41) is 2.96. The Morgan fingerprint density at radius 2 is 2.04 bits per heavy atom. The normalized spacial score (nSPS) is 15.2. The van der Waals surface area contributed by atoms with E-state index in [2.05, 4.69) is 41.2 Å². The highest BCUT2D eigenvalue weighted by Crippen LogP contribution is 2.23. The van der Waals surface area contributed by atoms with Crippen LogP contribution in [0.1, 0.15) is 23.4 Å². The summed E-state index contributed by atoms with van der Waals surface area (Å²) in [4.78, 5) is 18.6. The van der Waals surface area contributed by atoms with Gasteiger partial charge in [0, 0.05) is 44.6 Å². The third kappa shape index (κ3) is 5.16. The molecule has 0 radical (unpaired) electrons. The van der Waals surface area contributed by atoms with Crippen LogP contribution in [0.15, 0.2) is 28.8 Å². The van der Waals surface area contributed by atoms with Crippen LogP contribution in [0.3, 0.4) is 0 Å². The third-order valence-corrected chi connectivity index (χ3v) is 4.76. The number of rotatable bonds is 7. The fourth-order valence-corrected chi connectivity index (χ4v) is 2.94. The molecule has 0 spiro atoms. The number of ether oxygens (including phenoxy) is 1. The van der Waals surface area contributed by atoms with Gasteiger partial charge in [-0.15, -0.1) is 0 Å². The number of morpholine rings is 1. The fourth-order valence-electron chi connectivity index (χ4n) is 2.94. The van der Waals surface area contributed by atoms with Crippen LogP contribution in [-0.4, -0.2) is 55.2 Å². The van der Waals surface area contributed by atoms with Gasteiger partial charge in [-0.25, -0.2) is 4.98 Å². The van der Waals surface area contributed by atoms with Gasteiger partial charge in [0.25, 0.3) is 0 Å². The first-order valence-corrected chi connectivity index (χ1v) is 9.21. The Morgan fingerprint density at radius 1 is 1.23 bits per heavy atom. The van der Waals surface area contributed by atoms with E-state index in [1.54, 1.807) is 6.20 Å². The Bertz CT molecular complexity index is 736. The van der Waals surface area contributed by atoms with E-state index < -0.39 is 0 Å². The summed E-state index contributed by atoms with van der Waals surface area (Å²) in [6.45, 7) is 9.13. The zero-order chi connectivity index (χ0) is 18.4. The largest absolute Gasteiger partial charge is 0.441 e. The van der Waals surface area contributed by atoms with Crippen LogP contribution in [0, 0.1) is 13.8 Å². The van der Waals surface area contributed by atoms with Gasteiger partial charge < -0.3 is 14.5 Å². The number of hydrogen-bond acceptors (Lipinski definition) is 5. The van der Waals surface area contributed by atoms with Crippen molar-refractivity contribution in [1.82, 2.24) is 15.2 Å². The lowest BCUT2D eigenvalue weighted by Gasteiger charge is -2.26. The molecular formula is C20H27N3O3. The molecule has 2 heterocycles. The predicted octanol–water partition coefficient (Wildman–Crippen LogP) is 2.34. The van der Waals surface area contributed by atoms with E-state index in [4.69, 9.17) is 9.15 Å². The minimum atomic E-state index is 0.0317. The van der Waals surface area contributed by atoms with E-state index in [9.17, 15) is 4.79 Å². The molecule has 2 aromatic rings. The van der Waals surface area contributed by atoms with Gasteiger partial charge in [0.1, 0.15) is 0 Å². The average molecular weight is 357 g/mol. The number of benzene rings is 1. The van der Waals surface area contributed by atoms with E-state index in [0.717, 1.165) is 44.2 Å². The minimum Gasteiger partial charge on any atom is -0.441 e. The molecule has 1 aliphatic heterocycles. The minimum absolute atomic E-state index is 0.0317. The first-order valence-electron chi connectivity index (χ1n) is 9.21. The molecule has 1 N–H and O–H groups in total. The topological polar surface area (TPSA) is 67.6 Å². The van der Waals surface area contributed by atoms with E-state index >= 15 is 0 Å². The molecule has 1 aromatic carbocycles. The average Bonchev–Trinajstić information content (AvgIpc) is 3.12. The summed E-state index contributed by atoms with van der Waals surface area (Å²) >= 11 is 0. The van der Waals surface area contributed by atoms with E-state index in [-0.39, 0.29) is 5.91 Å². The van der Waals surface area contributed by atoms with Gasteiger partial charge in [-0.2, -0.15) is 0 Å². The number of carbonyl (C=O) groups is 1. The molecule has 0 bridgehead atoms. The smallest absolute Gasteiger partial charge is 0.220 e. The molecule has 6 nitrogen and oxygen atoms in total. The fraction of sp³-hybridized carbons (Fsp3) is 0.500. The lowest BCUT2D eigenvalue weighted by atomic mass is 10.1. The highest BCUT2D eigenvalue weighted by atomic mass is 16.5. The van der Waals surface area contributed by atoms with E-state index in [0.29, 0.717) is 25.3 Å². The second-order valence-electron chi connectivity index (χ2n) is 6.72. The highest BCUT2D eigenvalue weighted by molar-refractivity contribution is 5.76. The van der Waals surface area contributed by atoms with Gasteiger partial charge in [0.15, 0.2) is 11.7 Å². The third-order valence-electron chi connectivity index (χ3n) is 4.76. The molecule has 6 heteroatoms. The van der Waals surface area contributed by atoms with Crippen molar-refractivity contribution in [2.75, 3.05) is 39.4 Å². The quantitative estimate of drug-likeness (QED) is 0.824. The summed E-state index contributed by atoms with van der Waals surface area (Å²) in [5.74, 6) is 1.38. The number of amides is 1.